The third-order valence-electron chi connectivity index (χ3n) is 3.05. The molecular formula is C10H20N2O2S. The van der Waals surface area contributed by atoms with Crippen molar-refractivity contribution in [2.75, 3.05) is 25.4 Å². The van der Waals surface area contributed by atoms with E-state index in [9.17, 15) is 8.42 Å². The molecule has 0 radical (unpaired) electrons. The van der Waals surface area contributed by atoms with E-state index in [1.54, 1.807) is 4.31 Å². The van der Waals surface area contributed by atoms with Gasteiger partial charge in [-0.2, -0.15) is 0 Å². The third kappa shape index (κ3) is 3.16. The van der Waals surface area contributed by atoms with Gasteiger partial charge in [-0.15, -0.1) is 0 Å². The average Bonchev–Trinajstić information content (AvgIpc) is 2.91. The van der Waals surface area contributed by atoms with E-state index in [4.69, 9.17) is 0 Å². The molecule has 0 amide bonds. The molecule has 1 atom stereocenters. The molecule has 0 aromatic heterocycles. The van der Waals surface area contributed by atoms with Crippen molar-refractivity contribution in [1.29, 1.82) is 0 Å². The predicted octanol–water partition coefficient (Wildman–Crippen LogP) is 0.410. The van der Waals surface area contributed by atoms with Crippen LogP contribution in [-0.4, -0.2) is 44.2 Å². The molecule has 1 saturated carbocycles. The monoisotopic (exact) mass is 232 g/mol. The first-order valence-electron chi connectivity index (χ1n) is 5.79. The number of hydrogen-bond acceptors (Lipinski definition) is 3. The summed E-state index contributed by atoms with van der Waals surface area (Å²) >= 11 is 0. The molecule has 1 unspecified atom stereocenters. The van der Waals surface area contributed by atoms with Crippen LogP contribution in [0.3, 0.4) is 0 Å². The second-order valence-corrected chi connectivity index (χ2v) is 6.90. The van der Waals surface area contributed by atoms with Crippen molar-refractivity contribution in [3.05, 3.63) is 0 Å². The van der Waals surface area contributed by atoms with E-state index in [0.29, 0.717) is 24.3 Å². The summed E-state index contributed by atoms with van der Waals surface area (Å²) in [5.74, 6) is 0.758. The third-order valence-corrected chi connectivity index (χ3v) is 4.97. The molecule has 15 heavy (non-hydrogen) atoms. The van der Waals surface area contributed by atoms with Crippen molar-refractivity contribution >= 4 is 10.0 Å². The maximum Gasteiger partial charge on any atom is 0.214 e. The minimum atomic E-state index is -2.90. The first-order chi connectivity index (χ1) is 7.08. The van der Waals surface area contributed by atoms with Crippen LogP contribution < -0.4 is 5.32 Å². The number of nitrogens with one attached hydrogen (secondary N) is 1. The highest BCUT2D eigenvalue weighted by atomic mass is 32.2. The highest BCUT2D eigenvalue weighted by Crippen LogP contribution is 2.19. The summed E-state index contributed by atoms with van der Waals surface area (Å²) in [7, 11) is -2.90. The molecule has 2 rings (SSSR count). The Balaban J connectivity index is 1.74. The first kappa shape index (κ1) is 11.4. The molecule has 5 heteroatoms. The molecule has 0 spiro atoms. The van der Waals surface area contributed by atoms with Gasteiger partial charge in [-0.05, 0) is 31.7 Å². The van der Waals surface area contributed by atoms with Crippen LogP contribution in [-0.2, 0) is 10.0 Å². The van der Waals surface area contributed by atoms with E-state index in [0.717, 1.165) is 19.5 Å². The Morgan fingerprint density at radius 2 is 2.20 bits per heavy atom. The topological polar surface area (TPSA) is 49.4 Å². The van der Waals surface area contributed by atoms with Crippen LogP contribution in [0.15, 0.2) is 0 Å². The van der Waals surface area contributed by atoms with Crippen LogP contribution in [0.1, 0.15) is 26.2 Å². The fourth-order valence-electron chi connectivity index (χ4n) is 1.96. The van der Waals surface area contributed by atoms with E-state index in [1.807, 2.05) is 0 Å². The SMILES string of the molecule is CC(CNC1CC1)CN1CCCS1(=O)=O. The van der Waals surface area contributed by atoms with Crippen LogP contribution in [0.4, 0.5) is 0 Å². The molecule has 1 aliphatic carbocycles. The standard InChI is InChI=1S/C10H20N2O2S/c1-9(7-11-10-3-4-10)8-12-5-2-6-15(12,13)14/h9-11H,2-8H2,1H3. The lowest BCUT2D eigenvalue weighted by atomic mass is 10.2. The minimum Gasteiger partial charge on any atom is -0.314 e. The van der Waals surface area contributed by atoms with Gasteiger partial charge in [0.15, 0.2) is 0 Å². The highest BCUT2D eigenvalue weighted by Gasteiger charge is 2.29. The summed E-state index contributed by atoms with van der Waals surface area (Å²) in [4.78, 5) is 0. The van der Waals surface area contributed by atoms with Gasteiger partial charge in [0.1, 0.15) is 0 Å². The molecule has 2 fully saturated rings. The summed E-state index contributed by atoms with van der Waals surface area (Å²) in [5.41, 5.74) is 0. The molecule has 0 aromatic carbocycles. The van der Waals surface area contributed by atoms with Gasteiger partial charge in [0, 0.05) is 19.1 Å². The number of sulfonamides is 1. The fourth-order valence-corrected chi connectivity index (χ4v) is 3.60. The van der Waals surface area contributed by atoms with E-state index < -0.39 is 10.0 Å². The van der Waals surface area contributed by atoms with Gasteiger partial charge >= 0.3 is 0 Å². The summed E-state index contributed by atoms with van der Waals surface area (Å²) < 4.78 is 24.8. The Morgan fingerprint density at radius 3 is 2.73 bits per heavy atom. The van der Waals surface area contributed by atoms with Gasteiger partial charge < -0.3 is 5.32 Å². The van der Waals surface area contributed by atoms with Gasteiger partial charge in [0.2, 0.25) is 10.0 Å². The normalized spacial score (nSPS) is 28.1. The zero-order valence-corrected chi connectivity index (χ0v) is 10.1. The summed E-state index contributed by atoms with van der Waals surface area (Å²) in [6.07, 6.45) is 3.37. The maximum absolute atomic E-state index is 11.6. The molecule has 4 nitrogen and oxygen atoms in total. The number of rotatable bonds is 5. The van der Waals surface area contributed by atoms with Crippen LogP contribution in [0.5, 0.6) is 0 Å². The lowest BCUT2D eigenvalue weighted by molar-refractivity contribution is 0.365. The quantitative estimate of drug-likeness (QED) is 0.747. The predicted molar refractivity (Wildman–Crippen MR) is 60.2 cm³/mol. The van der Waals surface area contributed by atoms with Gasteiger partial charge in [0.05, 0.1) is 5.75 Å². The van der Waals surface area contributed by atoms with E-state index in [-0.39, 0.29) is 0 Å². The van der Waals surface area contributed by atoms with Crippen LogP contribution in [0.2, 0.25) is 0 Å². The van der Waals surface area contributed by atoms with Crippen LogP contribution in [0, 0.1) is 5.92 Å². The lowest BCUT2D eigenvalue weighted by Gasteiger charge is -2.19. The highest BCUT2D eigenvalue weighted by molar-refractivity contribution is 7.89. The number of hydrogen-bond donors (Lipinski definition) is 1. The molecule has 88 valence electrons. The Labute approximate surface area is 92.1 Å². The zero-order chi connectivity index (χ0) is 10.9. The second kappa shape index (κ2) is 4.39. The van der Waals surface area contributed by atoms with E-state index in [2.05, 4.69) is 12.2 Å². The van der Waals surface area contributed by atoms with Crippen LogP contribution in [0.25, 0.3) is 0 Å². The summed E-state index contributed by atoms with van der Waals surface area (Å²) in [6, 6.07) is 0.711. The van der Waals surface area contributed by atoms with Crippen LogP contribution >= 0.6 is 0 Å². The summed E-state index contributed by atoms with van der Waals surface area (Å²) in [6.45, 7) is 4.46. The maximum atomic E-state index is 11.6. The van der Waals surface area contributed by atoms with Crippen molar-refractivity contribution in [2.24, 2.45) is 5.92 Å². The molecule has 1 aliphatic heterocycles. The molecular weight excluding hydrogens is 212 g/mol. The van der Waals surface area contributed by atoms with E-state index in [1.165, 1.54) is 12.8 Å². The molecule has 1 N–H and O–H groups in total. The van der Waals surface area contributed by atoms with Crippen molar-refractivity contribution in [3.8, 4) is 0 Å². The minimum absolute atomic E-state index is 0.343. The Bertz CT molecular complexity index is 311. The average molecular weight is 232 g/mol. The van der Waals surface area contributed by atoms with Gasteiger partial charge in [-0.1, -0.05) is 6.92 Å². The van der Waals surface area contributed by atoms with Crippen molar-refractivity contribution in [3.63, 3.8) is 0 Å². The smallest absolute Gasteiger partial charge is 0.214 e. The van der Waals surface area contributed by atoms with Crippen molar-refractivity contribution in [2.45, 2.75) is 32.2 Å². The van der Waals surface area contributed by atoms with Gasteiger partial charge in [-0.25, -0.2) is 12.7 Å². The second-order valence-electron chi connectivity index (χ2n) is 4.82. The Kier molecular flexibility index (Phi) is 3.33. The fraction of sp³-hybridized carbons (Fsp3) is 1.00. The molecule has 0 aromatic rings. The lowest BCUT2D eigenvalue weighted by Crippen LogP contribution is -2.35. The summed E-state index contributed by atoms with van der Waals surface area (Å²) in [5, 5.41) is 3.44. The largest absolute Gasteiger partial charge is 0.314 e. The zero-order valence-electron chi connectivity index (χ0n) is 9.28. The van der Waals surface area contributed by atoms with Gasteiger partial charge in [0.25, 0.3) is 0 Å². The van der Waals surface area contributed by atoms with E-state index >= 15 is 0 Å². The van der Waals surface area contributed by atoms with Crippen molar-refractivity contribution in [1.82, 2.24) is 9.62 Å². The van der Waals surface area contributed by atoms with Crippen molar-refractivity contribution < 1.29 is 8.42 Å². The first-order valence-corrected chi connectivity index (χ1v) is 7.40. The van der Waals surface area contributed by atoms with Gasteiger partial charge in [-0.3, -0.25) is 0 Å². The number of nitrogens with zero attached hydrogens (tertiary/aromatic N) is 1. The Morgan fingerprint density at radius 1 is 1.47 bits per heavy atom. The molecule has 1 heterocycles. The molecule has 0 bridgehead atoms. The molecule has 1 saturated heterocycles. The molecule has 2 aliphatic rings. The Hall–Kier alpha value is -0.130.